The maximum atomic E-state index is 10.4. The van der Waals surface area contributed by atoms with Gasteiger partial charge in [-0.3, -0.25) is 4.98 Å². The lowest BCUT2D eigenvalue weighted by Crippen LogP contribution is -2.12. The molecular weight excluding hydrogens is 304 g/mol. The summed E-state index contributed by atoms with van der Waals surface area (Å²) in [6.45, 7) is 2.45. The van der Waals surface area contributed by atoms with E-state index in [-0.39, 0.29) is 11.6 Å². The summed E-state index contributed by atoms with van der Waals surface area (Å²) in [6, 6.07) is 11.6. The van der Waals surface area contributed by atoms with Crippen LogP contribution >= 0.6 is 0 Å². The van der Waals surface area contributed by atoms with Crippen LogP contribution < -0.4 is 5.84 Å². The van der Waals surface area contributed by atoms with Crippen molar-refractivity contribution < 1.29 is 9.84 Å². The van der Waals surface area contributed by atoms with Crippen molar-refractivity contribution >= 4 is 16.9 Å². The Bertz CT molecular complexity index is 876. The van der Waals surface area contributed by atoms with Gasteiger partial charge in [0.2, 0.25) is 5.90 Å². The Kier molecular flexibility index (Phi) is 4.56. The van der Waals surface area contributed by atoms with Gasteiger partial charge in [0.1, 0.15) is 5.52 Å². The molecule has 0 aliphatic heterocycles. The third-order valence-corrected chi connectivity index (χ3v) is 3.71. The SMILES string of the molecule is Cc1ccc(CCO/C(=N\N)c2ccc3nccnc3c2O)cc1. The predicted octanol–water partition coefficient (Wildman–Crippen LogP) is 2.52. The number of rotatable bonds is 4. The zero-order valence-corrected chi connectivity index (χ0v) is 13.3. The van der Waals surface area contributed by atoms with Crippen LogP contribution in [0.2, 0.25) is 0 Å². The zero-order valence-electron chi connectivity index (χ0n) is 13.3. The molecule has 122 valence electrons. The summed E-state index contributed by atoms with van der Waals surface area (Å²) in [7, 11) is 0. The molecule has 24 heavy (non-hydrogen) atoms. The van der Waals surface area contributed by atoms with Crippen LogP contribution in [0, 0.1) is 6.92 Å². The molecule has 3 aromatic rings. The highest BCUT2D eigenvalue weighted by Gasteiger charge is 2.15. The molecule has 0 bridgehead atoms. The Labute approximate surface area is 139 Å². The zero-order chi connectivity index (χ0) is 16.9. The predicted molar refractivity (Wildman–Crippen MR) is 92.8 cm³/mol. The lowest BCUT2D eigenvalue weighted by Gasteiger charge is -2.11. The van der Waals surface area contributed by atoms with E-state index in [4.69, 9.17) is 10.6 Å². The van der Waals surface area contributed by atoms with Crippen molar-refractivity contribution in [2.24, 2.45) is 10.9 Å². The van der Waals surface area contributed by atoms with E-state index < -0.39 is 0 Å². The largest absolute Gasteiger partial charge is 0.505 e. The summed E-state index contributed by atoms with van der Waals surface area (Å²) in [5, 5.41) is 14.0. The van der Waals surface area contributed by atoms with Gasteiger partial charge in [-0.1, -0.05) is 29.8 Å². The van der Waals surface area contributed by atoms with Crippen LogP contribution in [-0.4, -0.2) is 27.6 Å². The fourth-order valence-electron chi connectivity index (χ4n) is 2.40. The number of phenolic OH excluding ortho intramolecular Hbond substituents is 1. The van der Waals surface area contributed by atoms with Crippen molar-refractivity contribution in [2.45, 2.75) is 13.3 Å². The number of phenols is 1. The third kappa shape index (κ3) is 3.27. The fraction of sp³-hybridized carbons (Fsp3) is 0.167. The number of hydrogen-bond donors (Lipinski definition) is 2. The number of hydrazone groups is 1. The second kappa shape index (κ2) is 6.95. The number of nitrogens with two attached hydrogens (primary N) is 1. The molecule has 0 aliphatic carbocycles. The molecule has 1 aromatic heterocycles. The summed E-state index contributed by atoms with van der Waals surface area (Å²) in [6.07, 6.45) is 3.80. The number of fused-ring (bicyclic) bond motifs is 1. The van der Waals surface area contributed by atoms with Crippen LogP contribution in [0.4, 0.5) is 0 Å². The minimum atomic E-state index is -0.0415. The van der Waals surface area contributed by atoms with E-state index in [9.17, 15) is 5.11 Å². The maximum Gasteiger partial charge on any atom is 0.241 e. The van der Waals surface area contributed by atoms with E-state index in [2.05, 4.69) is 39.3 Å². The minimum Gasteiger partial charge on any atom is -0.505 e. The molecule has 3 rings (SSSR count). The topological polar surface area (TPSA) is 93.6 Å². The van der Waals surface area contributed by atoms with Gasteiger partial charge in [-0.05, 0) is 24.6 Å². The molecule has 2 aromatic carbocycles. The number of hydrogen-bond acceptors (Lipinski definition) is 6. The summed E-state index contributed by atoms with van der Waals surface area (Å²) >= 11 is 0. The van der Waals surface area contributed by atoms with Crippen LogP contribution in [0.1, 0.15) is 16.7 Å². The van der Waals surface area contributed by atoms with Crippen LogP contribution in [0.3, 0.4) is 0 Å². The van der Waals surface area contributed by atoms with Gasteiger partial charge in [-0.25, -0.2) is 4.98 Å². The Morgan fingerprint density at radius 3 is 2.62 bits per heavy atom. The van der Waals surface area contributed by atoms with Gasteiger partial charge >= 0.3 is 0 Å². The lowest BCUT2D eigenvalue weighted by molar-refractivity contribution is 0.307. The third-order valence-electron chi connectivity index (χ3n) is 3.71. The molecule has 0 fully saturated rings. The lowest BCUT2D eigenvalue weighted by atomic mass is 10.1. The van der Waals surface area contributed by atoms with Gasteiger partial charge in [0.05, 0.1) is 17.7 Å². The van der Waals surface area contributed by atoms with E-state index >= 15 is 0 Å². The number of ether oxygens (including phenoxy) is 1. The quantitative estimate of drug-likeness (QED) is 0.333. The molecule has 6 nitrogen and oxygen atoms in total. The number of benzene rings is 2. The first-order chi connectivity index (χ1) is 11.7. The number of aryl methyl sites for hydroxylation is 1. The Morgan fingerprint density at radius 2 is 1.88 bits per heavy atom. The number of aromatic nitrogens is 2. The van der Waals surface area contributed by atoms with Crippen LogP contribution in [0.25, 0.3) is 11.0 Å². The molecule has 0 unspecified atom stereocenters. The summed E-state index contributed by atoms with van der Waals surface area (Å²) in [5.41, 5.74) is 3.75. The first-order valence-electron chi connectivity index (χ1n) is 7.58. The van der Waals surface area contributed by atoms with Crippen molar-refractivity contribution in [2.75, 3.05) is 6.61 Å². The maximum absolute atomic E-state index is 10.4. The Balaban J connectivity index is 1.75. The van der Waals surface area contributed by atoms with Crippen molar-refractivity contribution in [3.8, 4) is 5.75 Å². The van der Waals surface area contributed by atoms with Gasteiger partial charge in [-0.2, -0.15) is 0 Å². The van der Waals surface area contributed by atoms with Gasteiger partial charge in [0.15, 0.2) is 5.75 Å². The first-order valence-corrected chi connectivity index (χ1v) is 7.58. The van der Waals surface area contributed by atoms with Gasteiger partial charge in [0, 0.05) is 18.8 Å². The van der Waals surface area contributed by atoms with Crippen LogP contribution in [0.15, 0.2) is 53.9 Å². The highest BCUT2D eigenvalue weighted by Crippen LogP contribution is 2.26. The minimum absolute atomic E-state index is 0.0415. The van der Waals surface area contributed by atoms with Gasteiger partial charge in [-0.15, -0.1) is 5.10 Å². The fourth-order valence-corrected chi connectivity index (χ4v) is 2.40. The average molecular weight is 322 g/mol. The smallest absolute Gasteiger partial charge is 0.241 e. The molecule has 0 aliphatic rings. The highest BCUT2D eigenvalue weighted by molar-refractivity contribution is 6.01. The van der Waals surface area contributed by atoms with E-state index in [0.717, 1.165) is 5.56 Å². The van der Waals surface area contributed by atoms with E-state index in [1.54, 1.807) is 18.3 Å². The van der Waals surface area contributed by atoms with Crippen LogP contribution in [-0.2, 0) is 11.2 Å². The van der Waals surface area contributed by atoms with Crippen molar-refractivity contribution in [1.82, 2.24) is 9.97 Å². The second-order valence-corrected chi connectivity index (χ2v) is 5.40. The van der Waals surface area contributed by atoms with Crippen molar-refractivity contribution in [3.05, 3.63) is 65.5 Å². The molecule has 6 heteroatoms. The normalized spacial score (nSPS) is 11.6. The highest BCUT2D eigenvalue weighted by atomic mass is 16.5. The van der Waals surface area contributed by atoms with Crippen molar-refractivity contribution in [1.29, 1.82) is 0 Å². The van der Waals surface area contributed by atoms with Crippen molar-refractivity contribution in [3.63, 3.8) is 0 Å². The molecule has 0 atom stereocenters. The standard InChI is InChI=1S/C18H18N4O2/c1-12-2-4-13(5-3-12)8-11-24-18(22-19)14-6-7-15-16(17(14)23)21-10-9-20-15/h2-7,9-10,23H,8,11,19H2,1H3/b22-18-. The molecule has 1 heterocycles. The Hall–Kier alpha value is -3.15. The van der Waals surface area contributed by atoms with Gasteiger partial charge < -0.3 is 15.7 Å². The van der Waals surface area contributed by atoms with E-state index in [0.29, 0.717) is 29.6 Å². The summed E-state index contributed by atoms with van der Waals surface area (Å²) in [5.74, 6) is 5.56. The first kappa shape index (κ1) is 15.7. The molecular formula is C18H18N4O2. The number of aromatic hydroxyl groups is 1. The summed E-state index contributed by atoms with van der Waals surface area (Å²) < 4.78 is 5.66. The molecule has 0 radical (unpaired) electrons. The monoisotopic (exact) mass is 322 g/mol. The molecule has 0 amide bonds. The van der Waals surface area contributed by atoms with Crippen LogP contribution in [0.5, 0.6) is 5.75 Å². The van der Waals surface area contributed by atoms with E-state index in [1.807, 2.05) is 6.92 Å². The van der Waals surface area contributed by atoms with Gasteiger partial charge in [0.25, 0.3) is 0 Å². The molecule has 0 saturated carbocycles. The molecule has 0 spiro atoms. The second-order valence-electron chi connectivity index (χ2n) is 5.40. The Morgan fingerprint density at radius 1 is 1.12 bits per heavy atom. The van der Waals surface area contributed by atoms with E-state index in [1.165, 1.54) is 11.8 Å². The molecule has 0 saturated heterocycles. The number of nitrogens with zero attached hydrogens (tertiary/aromatic N) is 3. The molecule has 3 N–H and O–H groups in total. The summed E-state index contributed by atoms with van der Waals surface area (Å²) in [4.78, 5) is 8.27. The average Bonchev–Trinajstić information content (AvgIpc) is 2.62.